The highest BCUT2D eigenvalue weighted by Gasteiger charge is 2.35. The normalized spacial score (nSPS) is 13.6. The summed E-state index contributed by atoms with van der Waals surface area (Å²) in [6.07, 6.45) is 4.49. The molecule has 1 aliphatic rings. The Balaban J connectivity index is 1.72. The van der Waals surface area contributed by atoms with Crippen molar-refractivity contribution in [3.05, 3.63) is 59.9 Å². The number of aromatic nitrogens is 2. The molecule has 1 aliphatic heterocycles. The lowest BCUT2D eigenvalue weighted by Crippen LogP contribution is -2.22. The molecule has 10 nitrogen and oxygen atoms in total. The van der Waals surface area contributed by atoms with E-state index >= 15 is 0 Å². The first-order valence-electron chi connectivity index (χ1n) is 12.7. The smallest absolute Gasteiger partial charge is 0.259 e. The molecule has 0 unspecified atom stereocenters. The van der Waals surface area contributed by atoms with Gasteiger partial charge in [0.2, 0.25) is 11.8 Å². The Morgan fingerprint density at radius 2 is 1.49 bits per heavy atom. The molecule has 0 bridgehead atoms. The molecule has 0 fully saturated rings. The number of rotatable bonds is 8. The first-order valence-corrected chi connectivity index (χ1v) is 12.7. The standard InChI is InChI=1S/C29H30N6O4/c1-16(36)31-18-6-8-24-20(12-18)22(14-30-24)26-27(29(39)33-28(26)38)23-15-35(11-5-10-34(3)4)25-9-7-19(13-21(23)25)32-17(2)37/h6-9,12-15,30H,5,10-11H2,1-4H3,(H,31,36)(H,32,37)(H,33,38,39). The maximum Gasteiger partial charge on any atom is 0.259 e. The minimum Gasteiger partial charge on any atom is -0.361 e. The number of carbonyl (C=O) groups is 4. The first-order chi connectivity index (χ1) is 18.6. The number of imide groups is 1. The van der Waals surface area contributed by atoms with Gasteiger partial charge in [-0.15, -0.1) is 0 Å². The highest BCUT2D eigenvalue weighted by Crippen LogP contribution is 2.39. The van der Waals surface area contributed by atoms with Gasteiger partial charge in [-0.2, -0.15) is 0 Å². The van der Waals surface area contributed by atoms with E-state index in [-0.39, 0.29) is 23.0 Å². The van der Waals surface area contributed by atoms with E-state index in [2.05, 4.69) is 30.4 Å². The van der Waals surface area contributed by atoms with Crippen molar-refractivity contribution in [3.8, 4) is 0 Å². The summed E-state index contributed by atoms with van der Waals surface area (Å²) in [5, 5.41) is 9.50. The summed E-state index contributed by atoms with van der Waals surface area (Å²) >= 11 is 0. The molecule has 4 aromatic rings. The van der Waals surface area contributed by atoms with E-state index < -0.39 is 11.8 Å². The monoisotopic (exact) mass is 526 g/mol. The van der Waals surface area contributed by atoms with Crippen molar-refractivity contribution in [3.63, 3.8) is 0 Å². The van der Waals surface area contributed by atoms with Gasteiger partial charge >= 0.3 is 0 Å². The molecule has 2 aromatic carbocycles. The van der Waals surface area contributed by atoms with Gasteiger partial charge in [-0.05, 0) is 63.5 Å². The molecule has 0 spiro atoms. The van der Waals surface area contributed by atoms with E-state index in [9.17, 15) is 19.2 Å². The third-order valence-corrected chi connectivity index (χ3v) is 6.68. The van der Waals surface area contributed by atoms with Gasteiger partial charge in [0.25, 0.3) is 11.8 Å². The third kappa shape index (κ3) is 5.06. The molecule has 0 aliphatic carbocycles. The van der Waals surface area contributed by atoms with Crippen molar-refractivity contribution >= 4 is 68.0 Å². The topological polar surface area (TPSA) is 128 Å². The average molecular weight is 527 g/mol. The summed E-state index contributed by atoms with van der Waals surface area (Å²) in [4.78, 5) is 55.2. The van der Waals surface area contributed by atoms with E-state index in [0.717, 1.165) is 29.4 Å². The molecule has 0 saturated carbocycles. The van der Waals surface area contributed by atoms with Gasteiger partial charge in [0.15, 0.2) is 0 Å². The Kier molecular flexibility index (Phi) is 6.80. The van der Waals surface area contributed by atoms with Gasteiger partial charge < -0.3 is 25.1 Å². The summed E-state index contributed by atoms with van der Waals surface area (Å²) < 4.78 is 2.08. The van der Waals surface area contributed by atoms with E-state index in [4.69, 9.17) is 0 Å². The van der Waals surface area contributed by atoms with Crippen LogP contribution in [0.2, 0.25) is 0 Å². The summed E-state index contributed by atoms with van der Waals surface area (Å²) in [7, 11) is 4.03. The number of nitrogens with zero attached hydrogens (tertiary/aromatic N) is 2. The number of hydrogen-bond donors (Lipinski definition) is 4. The Morgan fingerprint density at radius 3 is 2.13 bits per heavy atom. The molecular weight excluding hydrogens is 496 g/mol. The molecule has 0 saturated heterocycles. The summed E-state index contributed by atoms with van der Waals surface area (Å²) in [6, 6.07) is 10.9. The zero-order chi connectivity index (χ0) is 27.8. The molecule has 0 atom stereocenters. The van der Waals surface area contributed by atoms with Gasteiger partial charge in [0.05, 0.1) is 11.1 Å². The van der Waals surface area contributed by atoms with Crippen molar-refractivity contribution in [2.45, 2.75) is 26.8 Å². The largest absolute Gasteiger partial charge is 0.361 e. The van der Waals surface area contributed by atoms with Gasteiger partial charge in [-0.3, -0.25) is 24.5 Å². The lowest BCUT2D eigenvalue weighted by Gasteiger charge is -2.10. The predicted molar refractivity (Wildman–Crippen MR) is 152 cm³/mol. The number of H-pyrrole nitrogens is 1. The van der Waals surface area contributed by atoms with E-state index in [1.54, 1.807) is 18.3 Å². The minimum absolute atomic E-state index is 0.205. The van der Waals surface area contributed by atoms with E-state index in [1.807, 2.05) is 44.6 Å². The second-order valence-electron chi connectivity index (χ2n) is 9.98. The number of aromatic amines is 1. The molecule has 0 radical (unpaired) electrons. The van der Waals surface area contributed by atoms with Crippen molar-refractivity contribution in [1.29, 1.82) is 0 Å². The van der Waals surface area contributed by atoms with Crippen molar-refractivity contribution in [2.24, 2.45) is 0 Å². The molecule has 200 valence electrons. The fraction of sp³-hybridized carbons (Fsp3) is 0.241. The third-order valence-electron chi connectivity index (χ3n) is 6.68. The lowest BCUT2D eigenvalue weighted by atomic mass is 9.95. The fourth-order valence-electron chi connectivity index (χ4n) is 5.10. The zero-order valence-corrected chi connectivity index (χ0v) is 22.3. The Hall–Kier alpha value is -4.70. The molecule has 4 N–H and O–H groups in total. The Bertz CT molecular complexity index is 1690. The highest BCUT2D eigenvalue weighted by atomic mass is 16.2. The van der Waals surface area contributed by atoms with Crippen LogP contribution in [-0.2, 0) is 25.7 Å². The number of nitrogens with one attached hydrogen (secondary N) is 4. The zero-order valence-electron chi connectivity index (χ0n) is 22.3. The van der Waals surface area contributed by atoms with Crippen LogP contribution in [0.3, 0.4) is 0 Å². The SMILES string of the molecule is CC(=O)Nc1ccc2[nH]cc(C3=C(c4cn(CCCN(C)C)c5ccc(NC(C)=O)cc45)C(=O)NC3=O)c2c1. The van der Waals surface area contributed by atoms with Gasteiger partial charge in [-0.1, -0.05) is 0 Å². The van der Waals surface area contributed by atoms with Crippen molar-refractivity contribution in [2.75, 3.05) is 31.3 Å². The highest BCUT2D eigenvalue weighted by molar-refractivity contribution is 6.50. The number of fused-ring (bicyclic) bond motifs is 2. The molecule has 4 amide bonds. The number of hydrogen-bond acceptors (Lipinski definition) is 5. The summed E-state index contributed by atoms with van der Waals surface area (Å²) in [6.45, 7) is 4.46. The van der Waals surface area contributed by atoms with Gasteiger partial charge in [0, 0.05) is 77.1 Å². The molecule has 5 rings (SSSR count). The first kappa shape index (κ1) is 25.9. The van der Waals surface area contributed by atoms with Gasteiger partial charge in [0.1, 0.15) is 0 Å². The summed E-state index contributed by atoms with van der Waals surface area (Å²) in [5.41, 5.74) is 4.52. The van der Waals surface area contributed by atoms with Crippen LogP contribution in [0.15, 0.2) is 48.8 Å². The predicted octanol–water partition coefficient (Wildman–Crippen LogP) is 3.56. The average Bonchev–Trinajstić information content (AvgIpc) is 3.50. The van der Waals surface area contributed by atoms with Crippen molar-refractivity contribution < 1.29 is 19.2 Å². The van der Waals surface area contributed by atoms with Gasteiger partial charge in [-0.25, -0.2) is 0 Å². The maximum absolute atomic E-state index is 13.3. The number of carbonyl (C=O) groups excluding carboxylic acids is 4. The van der Waals surface area contributed by atoms with Crippen LogP contribution in [0, 0.1) is 0 Å². The maximum atomic E-state index is 13.3. The van der Waals surface area contributed by atoms with Crippen LogP contribution in [0.1, 0.15) is 31.4 Å². The van der Waals surface area contributed by atoms with Crippen LogP contribution >= 0.6 is 0 Å². The van der Waals surface area contributed by atoms with Crippen LogP contribution in [-0.4, -0.2) is 58.7 Å². The van der Waals surface area contributed by atoms with Crippen LogP contribution in [0.5, 0.6) is 0 Å². The van der Waals surface area contributed by atoms with E-state index in [0.29, 0.717) is 34.4 Å². The van der Waals surface area contributed by atoms with Crippen LogP contribution in [0.25, 0.3) is 33.0 Å². The second kappa shape index (κ2) is 10.2. The second-order valence-corrected chi connectivity index (χ2v) is 9.98. The van der Waals surface area contributed by atoms with Crippen molar-refractivity contribution in [1.82, 2.24) is 19.8 Å². The fourth-order valence-corrected chi connectivity index (χ4v) is 5.10. The molecule has 39 heavy (non-hydrogen) atoms. The number of aryl methyl sites for hydroxylation is 1. The Morgan fingerprint density at radius 1 is 0.872 bits per heavy atom. The van der Waals surface area contributed by atoms with Crippen LogP contribution < -0.4 is 16.0 Å². The minimum atomic E-state index is -0.493. The molecular formula is C29H30N6O4. The summed E-state index contributed by atoms with van der Waals surface area (Å²) in [5.74, 6) is -1.40. The number of anilines is 2. The quantitative estimate of drug-likeness (QED) is 0.261. The molecule has 10 heteroatoms. The van der Waals surface area contributed by atoms with E-state index in [1.165, 1.54) is 13.8 Å². The Labute approximate surface area is 225 Å². The number of amides is 4. The molecule has 3 heterocycles. The lowest BCUT2D eigenvalue weighted by molar-refractivity contribution is -0.123. The molecule has 2 aromatic heterocycles. The number of benzene rings is 2. The van der Waals surface area contributed by atoms with Crippen LogP contribution in [0.4, 0.5) is 11.4 Å².